The maximum atomic E-state index is 12.5. The molecule has 3 nitrogen and oxygen atoms in total. The average molecular weight is 349 g/mol. The zero-order chi connectivity index (χ0) is 15.2. The van der Waals surface area contributed by atoms with Crippen LogP contribution in [-0.2, 0) is 0 Å². The van der Waals surface area contributed by atoms with Crippen LogP contribution in [0.3, 0.4) is 0 Å². The van der Waals surface area contributed by atoms with Crippen molar-refractivity contribution >= 4 is 21.7 Å². The van der Waals surface area contributed by atoms with E-state index in [0.29, 0.717) is 23.5 Å². The number of benzene rings is 2. The smallest absolute Gasteiger partial charge is 0.194 e. The Morgan fingerprint density at radius 2 is 1.76 bits per heavy atom. The highest BCUT2D eigenvalue weighted by Crippen LogP contribution is 2.25. The molecule has 2 rings (SSSR count). The Bertz CT molecular complexity index is 620. The number of carbonyl (C=O) groups excluding carboxylic acids is 1. The first-order valence-corrected chi connectivity index (χ1v) is 7.56. The highest BCUT2D eigenvalue weighted by Gasteiger charge is 2.13. The molecule has 0 saturated heterocycles. The van der Waals surface area contributed by atoms with Crippen LogP contribution in [0.25, 0.3) is 0 Å². The molecule has 4 heteroatoms. The molecule has 2 aromatic carbocycles. The third-order valence-corrected chi connectivity index (χ3v) is 3.70. The molecule has 0 unspecified atom stereocenters. The largest absolute Gasteiger partial charge is 0.497 e. The summed E-state index contributed by atoms with van der Waals surface area (Å²) < 4.78 is 11.4. The van der Waals surface area contributed by atoms with E-state index in [1.165, 1.54) is 0 Å². The van der Waals surface area contributed by atoms with Crippen LogP contribution in [0.15, 0.2) is 46.9 Å². The average Bonchev–Trinajstić information content (AvgIpc) is 2.53. The molecule has 0 amide bonds. The summed E-state index contributed by atoms with van der Waals surface area (Å²) in [4.78, 5) is 12.5. The number of methoxy groups -OCH3 is 1. The summed E-state index contributed by atoms with van der Waals surface area (Å²) in [5, 5.41) is 0. The van der Waals surface area contributed by atoms with Crippen molar-refractivity contribution in [2.24, 2.45) is 0 Å². The lowest BCUT2D eigenvalue weighted by molar-refractivity contribution is 0.103. The van der Waals surface area contributed by atoms with Gasteiger partial charge >= 0.3 is 0 Å². The summed E-state index contributed by atoms with van der Waals surface area (Å²) in [5.41, 5.74) is 1.20. The van der Waals surface area contributed by atoms with E-state index in [1.54, 1.807) is 25.3 Å². The minimum Gasteiger partial charge on any atom is -0.497 e. The minimum atomic E-state index is -0.0529. The molecular formula is C17H17BrO3. The summed E-state index contributed by atoms with van der Waals surface area (Å²) >= 11 is 3.41. The van der Waals surface area contributed by atoms with Crippen LogP contribution in [0.2, 0.25) is 0 Å². The molecule has 110 valence electrons. The molecular weight excluding hydrogens is 332 g/mol. The van der Waals surface area contributed by atoms with Crippen molar-refractivity contribution in [1.82, 2.24) is 0 Å². The summed E-state index contributed by atoms with van der Waals surface area (Å²) in [7, 11) is 1.58. The molecule has 0 saturated carbocycles. The number of ether oxygens (including phenoxy) is 2. The van der Waals surface area contributed by atoms with Gasteiger partial charge in [-0.1, -0.05) is 22.9 Å². The fourth-order valence-corrected chi connectivity index (χ4v) is 2.31. The normalized spacial score (nSPS) is 10.2. The van der Waals surface area contributed by atoms with Gasteiger partial charge in [-0.2, -0.15) is 0 Å². The molecule has 0 N–H and O–H groups in total. The Kier molecular flexibility index (Phi) is 5.39. The van der Waals surface area contributed by atoms with Crippen LogP contribution in [0.5, 0.6) is 11.5 Å². The Labute approximate surface area is 133 Å². The molecule has 0 bridgehead atoms. The summed E-state index contributed by atoms with van der Waals surface area (Å²) in [6.45, 7) is 2.73. The van der Waals surface area contributed by atoms with Crippen LogP contribution in [0.4, 0.5) is 0 Å². The van der Waals surface area contributed by atoms with E-state index >= 15 is 0 Å². The quantitative estimate of drug-likeness (QED) is 0.722. The molecule has 0 fully saturated rings. The number of hydrogen-bond acceptors (Lipinski definition) is 3. The predicted octanol–water partition coefficient (Wildman–Crippen LogP) is 4.48. The fourth-order valence-electron chi connectivity index (χ4n) is 1.88. The lowest BCUT2D eigenvalue weighted by atomic mass is 10.0. The van der Waals surface area contributed by atoms with E-state index in [4.69, 9.17) is 9.47 Å². The number of carbonyl (C=O) groups is 1. The van der Waals surface area contributed by atoms with Gasteiger partial charge in [0, 0.05) is 15.6 Å². The number of ketones is 1. The number of rotatable bonds is 6. The van der Waals surface area contributed by atoms with Gasteiger partial charge in [-0.3, -0.25) is 4.79 Å². The van der Waals surface area contributed by atoms with Gasteiger partial charge in [0.25, 0.3) is 0 Å². The van der Waals surface area contributed by atoms with Crippen LogP contribution in [-0.4, -0.2) is 19.5 Å². The number of halogens is 1. The third kappa shape index (κ3) is 3.85. The van der Waals surface area contributed by atoms with Crippen LogP contribution in [0.1, 0.15) is 29.3 Å². The van der Waals surface area contributed by atoms with Crippen molar-refractivity contribution in [2.45, 2.75) is 13.3 Å². The second-order valence-corrected chi connectivity index (χ2v) is 5.40. The van der Waals surface area contributed by atoms with Crippen LogP contribution in [0, 0.1) is 0 Å². The topological polar surface area (TPSA) is 35.5 Å². The first-order chi connectivity index (χ1) is 10.2. The minimum absolute atomic E-state index is 0.0529. The van der Waals surface area contributed by atoms with Crippen molar-refractivity contribution in [3.8, 4) is 11.5 Å². The van der Waals surface area contributed by atoms with Crippen molar-refractivity contribution in [3.63, 3.8) is 0 Å². The second kappa shape index (κ2) is 7.27. The SMILES string of the molecule is CCCOc1ccc(C(=O)c2cc(OC)ccc2Br)cc1. The predicted molar refractivity (Wildman–Crippen MR) is 86.4 cm³/mol. The van der Waals surface area contributed by atoms with Crippen LogP contribution < -0.4 is 9.47 Å². The van der Waals surface area contributed by atoms with Gasteiger partial charge in [0.05, 0.1) is 13.7 Å². The van der Waals surface area contributed by atoms with Gasteiger partial charge in [0.2, 0.25) is 0 Å². The molecule has 0 heterocycles. The summed E-state index contributed by atoms with van der Waals surface area (Å²) in [6, 6.07) is 12.5. The van der Waals surface area contributed by atoms with Gasteiger partial charge < -0.3 is 9.47 Å². The van der Waals surface area contributed by atoms with Crippen molar-refractivity contribution in [2.75, 3.05) is 13.7 Å². The maximum Gasteiger partial charge on any atom is 0.194 e. The van der Waals surface area contributed by atoms with E-state index in [9.17, 15) is 4.79 Å². The summed E-state index contributed by atoms with van der Waals surface area (Å²) in [6.07, 6.45) is 0.956. The lowest BCUT2D eigenvalue weighted by Crippen LogP contribution is -2.03. The molecule has 21 heavy (non-hydrogen) atoms. The standard InChI is InChI=1S/C17H17BrO3/c1-3-10-21-13-6-4-12(5-7-13)17(19)15-11-14(20-2)8-9-16(15)18/h4-9,11H,3,10H2,1-2H3. The molecule has 0 spiro atoms. The lowest BCUT2D eigenvalue weighted by Gasteiger charge is -2.08. The van der Waals surface area contributed by atoms with Crippen molar-refractivity contribution < 1.29 is 14.3 Å². The molecule has 0 aromatic heterocycles. The Morgan fingerprint density at radius 1 is 1.10 bits per heavy atom. The van der Waals surface area contributed by atoms with Gasteiger partial charge in [-0.05, 0) is 48.9 Å². The first kappa shape index (κ1) is 15.6. The highest BCUT2D eigenvalue weighted by molar-refractivity contribution is 9.10. The maximum absolute atomic E-state index is 12.5. The van der Waals surface area contributed by atoms with E-state index in [2.05, 4.69) is 22.9 Å². The summed E-state index contributed by atoms with van der Waals surface area (Å²) in [5.74, 6) is 1.38. The zero-order valence-electron chi connectivity index (χ0n) is 12.1. The molecule has 0 atom stereocenters. The van der Waals surface area contributed by atoms with Gasteiger partial charge in [0.15, 0.2) is 5.78 Å². The molecule has 0 aliphatic heterocycles. The van der Waals surface area contributed by atoms with Crippen molar-refractivity contribution in [1.29, 1.82) is 0 Å². The first-order valence-electron chi connectivity index (χ1n) is 6.76. The molecule has 0 aliphatic rings. The van der Waals surface area contributed by atoms with E-state index in [1.807, 2.05) is 24.3 Å². The van der Waals surface area contributed by atoms with Gasteiger partial charge in [-0.15, -0.1) is 0 Å². The van der Waals surface area contributed by atoms with Gasteiger partial charge in [-0.25, -0.2) is 0 Å². The Balaban J connectivity index is 2.23. The fraction of sp³-hybridized carbons (Fsp3) is 0.235. The van der Waals surface area contributed by atoms with E-state index < -0.39 is 0 Å². The molecule has 0 radical (unpaired) electrons. The van der Waals surface area contributed by atoms with Gasteiger partial charge in [0.1, 0.15) is 11.5 Å². The van der Waals surface area contributed by atoms with Crippen molar-refractivity contribution in [3.05, 3.63) is 58.1 Å². The zero-order valence-corrected chi connectivity index (χ0v) is 13.6. The van der Waals surface area contributed by atoms with Crippen LogP contribution >= 0.6 is 15.9 Å². The number of hydrogen-bond donors (Lipinski definition) is 0. The Morgan fingerprint density at radius 3 is 2.38 bits per heavy atom. The second-order valence-electron chi connectivity index (χ2n) is 4.55. The third-order valence-electron chi connectivity index (χ3n) is 3.01. The van der Waals surface area contributed by atoms with E-state index in [0.717, 1.165) is 16.6 Å². The molecule has 0 aliphatic carbocycles. The highest BCUT2D eigenvalue weighted by atomic mass is 79.9. The monoisotopic (exact) mass is 348 g/mol. The van der Waals surface area contributed by atoms with E-state index in [-0.39, 0.29) is 5.78 Å². The Hall–Kier alpha value is -1.81. The molecule has 2 aromatic rings.